The lowest BCUT2D eigenvalue weighted by molar-refractivity contribution is 1.36. The van der Waals surface area contributed by atoms with Crippen LogP contribution in [-0.2, 0) is 0 Å². The summed E-state index contributed by atoms with van der Waals surface area (Å²) < 4.78 is 0. The standard InChI is InChI=1S/C6H12N2Si.C3H9ClSi/c1-9(2,3)6-7-4-5-8-6;1-5(2,3)4/h4-5H,1-3H3,(H,7,8);1-3H3. The largest absolute Gasteiger partial charge is 0.353 e. The van der Waals surface area contributed by atoms with Gasteiger partial charge in [0, 0.05) is 12.4 Å². The molecule has 0 spiro atoms. The number of rotatable bonds is 1. The molecular weight excluding hydrogens is 228 g/mol. The molecule has 0 bridgehead atoms. The van der Waals surface area contributed by atoms with E-state index in [0.29, 0.717) is 0 Å². The van der Waals surface area contributed by atoms with Crippen molar-refractivity contribution in [2.45, 2.75) is 39.3 Å². The monoisotopic (exact) mass is 248 g/mol. The fourth-order valence-electron chi connectivity index (χ4n) is 0.675. The fraction of sp³-hybridized carbons (Fsp3) is 0.667. The maximum atomic E-state index is 5.67. The first kappa shape index (κ1) is 13.9. The Morgan fingerprint density at radius 1 is 1.14 bits per heavy atom. The highest BCUT2D eigenvalue weighted by atomic mass is 35.6. The van der Waals surface area contributed by atoms with Crippen LogP contribution in [0.2, 0.25) is 39.3 Å². The van der Waals surface area contributed by atoms with Crippen LogP contribution in [0.25, 0.3) is 0 Å². The molecule has 14 heavy (non-hydrogen) atoms. The highest BCUT2D eigenvalue weighted by Crippen LogP contribution is 2.03. The summed E-state index contributed by atoms with van der Waals surface area (Å²) in [4.78, 5) is 7.32. The number of hydrogen-bond acceptors (Lipinski definition) is 1. The van der Waals surface area contributed by atoms with E-state index in [-0.39, 0.29) is 0 Å². The van der Waals surface area contributed by atoms with Crippen LogP contribution >= 0.6 is 11.1 Å². The minimum absolute atomic E-state index is 1.14. The second-order valence-corrected chi connectivity index (χ2v) is 17.8. The lowest BCUT2D eigenvalue weighted by Crippen LogP contribution is -2.40. The highest BCUT2D eigenvalue weighted by molar-refractivity contribution is 7.18. The van der Waals surface area contributed by atoms with E-state index in [4.69, 9.17) is 11.1 Å². The van der Waals surface area contributed by atoms with Crippen LogP contribution in [0.1, 0.15) is 0 Å². The summed E-state index contributed by atoms with van der Waals surface area (Å²) in [5.41, 5.74) is 1.18. The smallest absolute Gasteiger partial charge is 0.147 e. The third kappa shape index (κ3) is 8.53. The van der Waals surface area contributed by atoms with Gasteiger partial charge in [-0.05, 0) is 0 Å². The predicted octanol–water partition coefficient (Wildman–Crippen LogP) is 3.02. The third-order valence-corrected chi connectivity index (χ3v) is 2.90. The molecule has 0 saturated carbocycles. The minimum Gasteiger partial charge on any atom is -0.353 e. The number of halogens is 1. The molecule has 0 unspecified atom stereocenters. The molecule has 2 nitrogen and oxygen atoms in total. The summed E-state index contributed by atoms with van der Waals surface area (Å²) in [6.07, 6.45) is 3.70. The Hall–Kier alpha value is -0.0662. The van der Waals surface area contributed by atoms with Crippen molar-refractivity contribution in [3.8, 4) is 0 Å². The second kappa shape index (κ2) is 5.14. The molecule has 82 valence electrons. The molecule has 1 heterocycles. The number of aromatic nitrogens is 2. The molecule has 1 N–H and O–H groups in total. The zero-order chi connectivity index (χ0) is 11.4. The molecule has 0 fully saturated rings. The SMILES string of the molecule is C[Si](C)(C)Cl.C[Si](C)(C)c1ncc[nH]1. The van der Waals surface area contributed by atoms with Crippen molar-refractivity contribution in [1.82, 2.24) is 9.97 Å². The van der Waals surface area contributed by atoms with Gasteiger partial charge in [0.25, 0.3) is 0 Å². The van der Waals surface area contributed by atoms with Crippen LogP contribution in [0.15, 0.2) is 12.4 Å². The molecule has 0 aromatic carbocycles. The summed E-state index contributed by atoms with van der Waals surface area (Å²) in [5, 5.41) is 0. The summed E-state index contributed by atoms with van der Waals surface area (Å²) in [6.45, 7) is 13.1. The van der Waals surface area contributed by atoms with Gasteiger partial charge in [-0.2, -0.15) is 11.1 Å². The zero-order valence-electron chi connectivity index (χ0n) is 9.98. The summed E-state index contributed by atoms with van der Waals surface area (Å²) in [7, 11) is -2.29. The van der Waals surface area contributed by atoms with Crippen molar-refractivity contribution in [3.63, 3.8) is 0 Å². The van der Waals surface area contributed by atoms with Crippen LogP contribution in [0.3, 0.4) is 0 Å². The van der Waals surface area contributed by atoms with E-state index in [0.717, 1.165) is 0 Å². The molecule has 5 heteroatoms. The van der Waals surface area contributed by atoms with Gasteiger partial charge in [-0.25, -0.2) is 4.98 Å². The van der Waals surface area contributed by atoms with Gasteiger partial charge >= 0.3 is 0 Å². The van der Waals surface area contributed by atoms with Gasteiger partial charge in [0.15, 0.2) is 0 Å². The van der Waals surface area contributed by atoms with Gasteiger partial charge in [0.05, 0.1) is 5.45 Å². The van der Waals surface area contributed by atoms with E-state index >= 15 is 0 Å². The van der Waals surface area contributed by atoms with Gasteiger partial charge in [-0.3, -0.25) is 0 Å². The van der Waals surface area contributed by atoms with Gasteiger partial charge in [-0.15, -0.1) is 0 Å². The van der Waals surface area contributed by atoms with E-state index in [1.54, 1.807) is 0 Å². The maximum Gasteiger partial charge on any atom is 0.147 e. The predicted molar refractivity (Wildman–Crippen MR) is 70.8 cm³/mol. The van der Waals surface area contributed by atoms with Crippen molar-refractivity contribution in [2.75, 3.05) is 0 Å². The summed E-state index contributed by atoms with van der Waals surface area (Å²) >= 11 is 5.67. The van der Waals surface area contributed by atoms with Gasteiger partial charge in [0.2, 0.25) is 0 Å². The normalized spacial score (nSPS) is 11.9. The van der Waals surface area contributed by atoms with Crippen molar-refractivity contribution in [3.05, 3.63) is 12.4 Å². The molecule has 1 rings (SSSR count). The lowest BCUT2D eigenvalue weighted by Gasteiger charge is -2.10. The van der Waals surface area contributed by atoms with E-state index in [1.807, 2.05) is 12.4 Å². The molecular formula is C9H21ClN2Si2. The molecule has 0 atom stereocenters. The average Bonchev–Trinajstić information content (AvgIpc) is 2.28. The number of nitrogens with one attached hydrogen (secondary N) is 1. The van der Waals surface area contributed by atoms with Gasteiger partial charge < -0.3 is 4.98 Å². The minimum atomic E-state index is -1.15. The van der Waals surface area contributed by atoms with Crippen molar-refractivity contribution >= 4 is 32.0 Å². The highest BCUT2D eigenvalue weighted by Gasteiger charge is 2.18. The van der Waals surface area contributed by atoms with Gasteiger partial charge in [0.1, 0.15) is 15.5 Å². The number of H-pyrrole nitrogens is 1. The van der Waals surface area contributed by atoms with Crippen LogP contribution < -0.4 is 5.45 Å². The molecule has 0 aliphatic heterocycles. The summed E-state index contributed by atoms with van der Waals surface area (Å²) in [6, 6.07) is 0. The van der Waals surface area contributed by atoms with Crippen LogP contribution in [0.4, 0.5) is 0 Å². The Balaban J connectivity index is 0.000000292. The van der Waals surface area contributed by atoms with Crippen LogP contribution in [0, 0.1) is 0 Å². The molecule has 0 radical (unpaired) electrons. The maximum absolute atomic E-state index is 5.67. The second-order valence-electron chi connectivity index (χ2n) is 5.25. The van der Waals surface area contributed by atoms with E-state index in [1.165, 1.54) is 5.45 Å². The van der Waals surface area contributed by atoms with Crippen LogP contribution in [0.5, 0.6) is 0 Å². The number of hydrogen-bond donors (Lipinski definition) is 1. The first-order valence-electron chi connectivity index (χ1n) is 4.79. The number of nitrogens with zero attached hydrogens (tertiary/aromatic N) is 1. The first-order chi connectivity index (χ1) is 6.11. The molecule has 1 aromatic heterocycles. The molecule has 1 aromatic rings. The van der Waals surface area contributed by atoms with Crippen LogP contribution in [-0.4, -0.2) is 25.4 Å². The zero-order valence-corrected chi connectivity index (χ0v) is 12.7. The van der Waals surface area contributed by atoms with Crippen molar-refractivity contribution < 1.29 is 0 Å². The fourth-order valence-corrected chi connectivity index (χ4v) is 1.65. The Bertz CT molecular complexity index is 241. The molecule has 0 amide bonds. The Morgan fingerprint density at radius 3 is 1.71 bits per heavy atom. The lowest BCUT2D eigenvalue weighted by atomic mass is 11.0. The van der Waals surface area contributed by atoms with Gasteiger partial charge in [-0.1, -0.05) is 39.3 Å². The molecule has 0 saturated heterocycles. The Morgan fingerprint density at radius 2 is 1.57 bits per heavy atom. The third-order valence-electron chi connectivity index (χ3n) is 1.21. The Kier molecular flexibility index (Phi) is 5.11. The van der Waals surface area contributed by atoms with Crippen molar-refractivity contribution in [1.29, 1.82) is 0 Å². The topological polar surface area (TPSA) is 28.7 Å². The average molecular weight is 249 g/mol. The summed E-state index contributed by atoms with van der Waals surface area (Å²) in [5.74, 6) is 0. The van der Waals surface area contributed by atoms with Crippen molar-refractivity contribution in [2.24, 2.45) is 0 Å². The molecule has 0 aliphatic rings. The first-order valence-corrected chi connectivity index (χ1v) is 12.8. The number of imidazole rings is 1. The van der Waals surface area contributed by atoms with E-state index in [9.17, 15) is 0 Å². The Labute approximate surface area is 93.8 Å². The quantitative estimate of drug-likeness (QED) is 0.601. The van der Waals surface area contributed by atoms with E-state index in [2.05, 4.69) is 49.3 Å². The molecule has 0 aliphatic carbocycles. The van der Waals surface area contributed by atoms with E-state index < -0.39 is 15.5 Å². The number of aromatic amines is 1.